The second kappa shape index (κ2) is 5.31. The van der Waals surface area contributed by atoms with E-state index >= 15 is 0 Å². The summed E-state index contributed by atoms with van der Waals surface area (Å²) in [6.45, 7) is 0. The van der Waals surface area contributed by atoms with Crippen LogP contribution in [0, 0.1) is 26.5 Å². The van der Waals surface area contributed by atoms with E-state index in [1.807, 2.05) is 12.1 Å². The average Bonchev–Trinajstić information content (AvgIpc) is 2.35. The van der Waals surface area contributed by atoms with Gasteiger partial charge in [-0.1, -0.05) is 12.1 Å². The Morgan fingerprint density at radius 2 is 1.72 bits per heavy atom. The third-order valence-electron chi connectivity index (χ3n) is 2.30. The molecule has 0 aliphatic heterocycles. The zero-order valence-electron chi connectivity index (χ0n) is 9.05. The van der Waals surface area contributed by atoms with Crippen LogP contribution >= 0.6 is 22.6 Å². The Balaban J connectivity index is 2.42. The van der Waals surface area contributed by atoms with Crippen LogP contribution in [-0.4, -0.2) is 0 Å². The van der Waals surface area contributed by atoms with Gasteiger partial charge in [0.25, 0.3) is 0 Å². The Labute approximate surface area is 116 Å². The van der Waals surface area contributed by atoms with E-state index < -0.39 is 11.6 Å². The van der Waals surface area contributed by atoms with Crippen molar-refractivity contribution in [2.24, 2.45) is 0 Å². The molecule has 0 saturated heterocycles. The molecule has 2 rings (SSSR count). The van der Waals surface area contributed by atoms with Gasteiger partial charge in [0, 0.05) is 3.57 Å². The molecule has 2 aromatic carbocycles. The van der Waals surface area contributed by atoms with Gasteiger partial charge in [-0.15, -0.1) is 0 Å². The maximum Gasteiger partial charge on any atom is 0.150 e. The molecule has 90 valence electrons. The van der Waals surface area contributed by atoms with E-state index in [1.165, 1.54) is 0 Å². The van der Waals surface area contributed by atoms with Crippen LogP contribution in [0.2, 0.25) is 0 Å². The van der Waals surface area contributed by atoms with Gasteiger partial charge in [-0.25, -0.2) is 8.78 Å². The fraction of sp³-hybridized carbons (Fsp3) is 0. The second-order valence-corrected chi connectivity index (χ2v) is 4.69. The molecule has 0 atom stereocenters. The first-order valence-corrected chi connectivity index (χ1v) is 6.10. The fourth-order valence-corrected chi connectivity index (χ4v) is 1.98. The van der Waals surface area contributed by atoms with Gasteiger partial charge in [0.1, 0.15) is 5.69 Å². The number of halogens is 3. The van der Waals surface area contributed by atoms with Crippen molar-refractivity contribution < 1.29 is 8.78 Å². The van der Waals surface area contributed by atoms with Crippen LogP contribution in [0.25, 0.3) is 0 Å². The Bertz CT molecular complexity index is 612. The van der Waals surface area contributed by atoms with Crippen molar-refractivity contribution in [3.63, 3.8) is 0 Å². The molecule has 0 spiro atoms. The van der Waals surface area contributed by atoms with E-state index in [0.29, 0.717) is 5.69 Å². The van der Waals surface area contributed by atoms with Gasteiger partial charge in [0.2, 0.25) is 0 Å². The first kappa shape index (κ1) is 12.8. The average molecular weight is 356 g/mol. The summed E-state index contributed by atoms with van der Waals surface area (Å²) in [4.78, 5) is 0. The monoisotopic (exact) mass is 356 g/mol. The maximum absolute atomic E-state index is 13.7. The first-order valence-electron chi connectivity index (χ1n) is 5.02. The number of rotatable bonds is 2. The predicted octanol–water partition coefficient (Wildman–Crippen LogP) is 4.18. The van der Waals surface area contributed by atoms with Crippen molar-refractivity contribution in [2.45, 2.75) is 0 Å². The number of hydrogen-bond acceptors (Lipinski definition) is 2. The zero-order valence-corrected chi connectivity index (χ0v) is 11.2. The number of anilines is 2. The molecule has 0 fully saturated rings. The molecule has 0 aliphatic rings. The summed E-state index contributed by atoms with van der Waals surface area (Å²) >= 11 is 2.06. The molecule has 0 radical (unpaired) electrons. The molecular weight excluding hydrogens is 349 g/mol. The lowest BCUT2D eigenvalue weighted by molar-refractivity contribution is 0.590. The number of nitrogens with one attached hydrogen (secondary N) is 1. The largest absolute Gasteiger partial charge is 0.350 e. The SMILES string of the molecule is N#Cc1cc(F)c(Nc2ccccc2I)c(F)c1. The van der Waals surface area contributed by atoms with Crippen LogP contribution in [0.4, 0.5) is 20.2 Å². The van der Waals surface area contributed by atoms with Crippen molar-refractivity contribution in [3.05, 3.63) is 57.2 Å². The van der Waals surface area contributed by atoms with Crippen LogP contribution in [0.1, 0.15) is 5.56 Å². The molecule has 0 unspecified atom stereocenters. The van der Waals surface area contributed by atoms with Gasteiger partial charge in [0.15, 0.2) is 11.6 Å². The van der Waals surface area contributed by atoms with Crippen molar-refractivity contribution in [1.82, 2.24) is 0 Å². The van der Waals surface area contributed by atoms with E-state index in [1.54, 1.807) is 18.2 Å². The van der Waals surface area contributed by atoms with Crippen molar-refractivity contribution >= 4 is 34.0 Å². The molecule has 2 aromatic rings. The van der Waals surface area contributed by atoms with E-state index in [4.69, 9.17) is 5.26 Å². The number of nitriles is 1. The van der Waals surface area contributed by atoms with Crippen molar-refractivity contribution in [2.75, 3.05) is 5.32 Å². The normalized spacial score (nSPS) is 9.89. The minimum Gasteiger partial charge on any atom is -0.350 e. The van der Waals surface area contributed by atoms with Crippen molar-refractivity contribution in [3.8, 4) is 6.07 Å². The van der Waals surface area contributed by atoms with Gasteiger partial charge >= 0.3 is 0 Å². The van der Waals surface area contributed by atoms with E-state index in [9.17, 15) is 8.78 Å². The van der Waals surface area contributed by atoms with E-state index in [-0.39, 0.29) is 11.3 Å². The highest BCUT2D eigenvalue weighted by Gasteiger charge is 2.12. The predicted molar refractivity (Wildman–Crippen MR) is 73.5 cm³/mol. The lowest BCUT2D eigenvalue weighted by Crippen LogP contribution is -1.99. The number of hydrogen-bond donors (Lipinski definition) is 1. The van der Waals surface area contributed by atoms with Gasteiger partial charge in [-0.3, -0.25) is 0 Å². The third kappa shape index (κ3) is 2.59. The first-order chi connectivity index (χ1) is 8.61. The topological polar surface area (TPSA) is 35.8 Å². The lowest BCUT2D eigenvalue weighted by atomic mass is 10.2. The van der Waals surface area contributed by atoms with Gasteiger partial charge < -0.3 is 5.32 Å². The van der Waals surface area contributed by atoms with Gasteiger partial charge in [-0.05, 0) is 46.9 Å². The number of nitrogens with zero attached hydrogens (tertiary/aromatic N) is 1. The van der Waals surface area contributed by atoms with Crippen LogP contribution in [0.3, 0.4) is 0 Å². The van der Waals surface area contributed by atoms with Gasteiger partial charge in [0.05, 0.1) is 17.3 Å². The lowest BCUT2D eigenvalue weighted by Gasteiger charge is -2.10. The molecule has 0 aromatic heterocycles. The molecule has 18 heavy (non-hydrogen) atoms. The minimum absolute atomic E-state index is 0.0432. The minimum atomic E-state index is -0.786. The standard InChI is InChI=1S/C13H7F2IN2/c14-9-5-8(7-17)6-10(15)13(9)18-12-4-2-1-3-11(12)16/h1-6,18H. The summed E-state index contributed by atoms with van der Waals surface area (Å²) in [6.07, 6.45) is 0. The molecule has 0 heterocycles. The molecule has 0 bridgehead atoms. The zero-order chi connectivity index (χ0) is 13.1. The summed E-state index contributed by atoms with van der Waals surface area (Å²) in [7, 11) is 0. The Kier molecular flexibility index (Phi) is 3.77. The van der Waals surface area contributed by atoms with Crippen LogP contribution in [0.5, 0.6) is 0 Å². The molecule has 0 aliphatic carbocycles. The molecule has 0 amide bonds. The summed E-state index contributed by atoms with van der Waals surface area (Å²) in [6, 6.07) is 10.8. The highest BCUT2D eigenvalue weighted by atomic mass is 127. The Morgan fingerprint density at radius 3 is 2.28 bits per heavy atom. The smallest absolute Gasteiger partial charge is 0.150 e. The summed E-state index contributed by atoms with van der Waals surface area (Å²) in [5.74, 6) is -1.57. The third-order valence-corrected chi connectivity index (χ3v) is 3.25. The van der Waals surface area contributed by atoms with Crippen molar-refractivity contribution in [1.29, 1.82) is 5.26 Å². The van der Waals surface area contributed by atoms with Crippen LogP contribution in [-0.2, 0) is 0 Å². The quantitative estimate of drug-likeness (QED) is 0.820. The van der Waals surface area contributed by atoms with E-state index in [0.717, 1.165) is 15.7 Å². The highest BCUT2D eigenvalue weighted by molar-refractivity contribution is 14.1. The molecule has 2 nitrogen and oxygen atoms in total. The van der Waals surface area contributed by atoms with Crippen LogP contribution in [0.15, 0.2) is 36.4 Å². The fourth-order valence-electron chi connectivity index (χ4n) is 1.45. The molecule has 1 N–H and O–H groups in total. The molecule has 5 heteroatoms. The highest BCUT2D eigenvalue weighted by Crippen LogP contribution is 2.27. The number of para-hydroxylation sites is 1. The summed E-state index contributed by atoms with van der Waals surface area (Å²) in [5, 5.41) is 11.3. The van der Waals surface area contributed by atoms with E-state index in [2.05, 4.69) is 27.9 Å². The van der Waals surface area contributed by atoms with Crippen LogP contribution < -0.4 is 5.32 Å². The molecule has 0 saturated carbocycles. The maximum atomic E-state index is 13.7. The molecular formula is C13H7F2IN2. The second-order valence-electron chi connectivity index (χ2n) is 3.53. The summed E-state index contributed by atoms with van der Waals surface area (Å²) < 4.78 is 28.2. The Hall–Kier alpha value is -1.68. The Morgan fingerprint density at radius 1 is 1.11 bits per heavy atom. The number of benzene rings is 2. The summed E-state index contributed by atoms with van der Waals surface area (Å²) in [5.41, 5.74) is 0.317. The van der Waals surface area contributed by atoms with Gasteiger partial charge in [-0.2, -0.15) is 5.26 Å².